The Kier molecular flexibility index (Phi) is 5.89. The second-order valence-electron chi connectivity index (χ2n) is 4.59. The van der Waals surface area contributed by atoms with E-state index in [1.807, 2.05) is 6.07 Å². The molecule has 0 atom stereocenters. The van der Waals surface area contributed by atoms with Gasteiger partial charge in [0.25, 0.3) is 0 Å². The lowest BCUT2D eigenvalue weighted by molar-refractivity contribution is 0.234. The third-order valence-electron chi connectivity index (χ3n) is 3.20. The SMILES string of the molecule is CN1CCC(NCc2cccc(F)c2)CC1.Cl. The van der Waals surface area contributed by atoms with Crippen LogP contribution in [0.15, 0.2) is 24.3 Å². The first-order valence-corrected chi connectivity index (χ1v) is 5.90. The molecule has 0 unspecified atom stereocenters. The first kappa shape index (κ1) is 14.4. The summed E-state index contributed by atoms with van der Waals surface area (Å²) in [5.41, 5.74) is 1.03. The molecule has 0 aromatic heterocycles. The number of benzene rings is 1. The number of nitrogens with one attached hydrogen (secondary N) is 1. The zero-order chi connectivity index (χ0) is 11.4. The van der Waals surface area contributed by atoms with Gasteiger partial charge in [0, 0.05) is 12.6 Å². The number of nitrogens with zero attached hydrogens (tertiary/aromatic N) is 1. The lowest BCUT2D eigenvalue weighted by Gasteiger charge is -2.29. The molecule has 0 saturated carbocycles. The Morgan fingerprint density at radius 2 is 2.06 bits per heavy atom. The van der Waals surface area contributed by atoms with Crippen molar-refractivity contribution in [2.45, 2.75) is 25.4 Å². The second kappa shape index (κ2) is 6.94. The summed E-state index contributed by atoms with van der Waals surface area (Å²) in [6.07, 6.45) is 2.37. The average Bonchev–Trinajstić information content (AvgIpc) is 2.28. The number of piperidine rings is 1. The smallest absolute Gasteiger partial charge is 0.123 e. The van der Waals surface area contributed by atoms with Crippen LogP contribution in [0.1, 0.15) is 18.4 Å². The van der Waals surface area contributed by atoms with E-state index >= 15 is 0 Å². The number of likely N-dealkylation sites (tertiary alicyclic amines) is 1. The fourth-order valence-corrected chi connectivity index (χ4v) is 2.12. The van der Waals surface area contributed by atoms with Gasteiger partial charge in [-0.1, -0.05) is 12.1 Å². The molecule has 1 fully saturated rings. The van der Waals surface area contributed by atoms with E-state index in [9.17, 15) is 4.39 Å². The first-order valence-electron chi connectivity index (χ1n) is 5.90. The van der Waals surface area contributed by atoms with Crippen molar-refractivity contribution in [1.82, 2.24) is 10.2 Å². The molecule has 0 amide bonds. The molecular weight excluding hydrogens is 239 g/mol. The topological polar surface area (TPSA) is 15.3 Å². The molecule has 1 aliphatic heterocycles. The van der Waals surface area contributed by atoms with Gasteiger partial charge in [-0.15, -0.1) is 12.4 Å². The monoisotopic (exact) mass is 258 g/mol. The van der Waals surface area contributed by atoms with Crippen LogP contribution in [-0.4, -0.2) is 31.1 Å². The van der Waals surface area contributed by atoms with Gasteiger partial charge < -0.3 is 10.2 Å². The summed E-state index contributed by atoms with van der Waals surface area (Å²) in [4.78, 5) is 2.35. The van der Waals surface area contributed by atoms with E-state index in [-0.39, 0.29) is 18.2 Å². The molecule has 96 valence electrons. The Labute approximate surface area is 109 Å². The minimum Gasteiger partial charge on any atom is -0.310 e. The minimum absolute atomic E-state index is 0. The molecule has 1 saturated heterocycles. The molecule has 2 rings (SSSR count). The molecule has 0 spiro atoms. The fourth-order valence-electron chi connectivity index (χ4n) is 2.12. The molecule has 1 heterocycles. The van der Waals surface area contributed by atoms with Crippen molar-refractivity contribution in [3.8, 4) is 0 Å². The Balaban J connectivity index is 0.00000144. The van der Waals surface area contributed by atoms with E-state index in [0.29, 0.717) is 6.04 Å². The lowest BCUT2D eigenvalue weighted by atomic mass is 10.1. The number of rotatable bonds is 3. The van der Waals surface area contributed by atoms with Crippen molar-refractivity contribution in [1.29, 1.82) is 0 Å². The van der Waals surface area contributed by atoms with Gasteiger partial charge in [0.1, 0.15) is 5.82 Å². The molecule has 0 radical (unpaired) electrons. The Hall–Kier alpha value is -0.640. The van der Waals surface area contributed by atoms with E-state index < -0.39 is 0 Å². The zero-order valence-corrected chi connectivity index (χ0v) is 11.0. The predicted octanol–water partition coefficient (Wildman–Crippen LogP) is 2.43. The molecule has 1 aromatic rings. The maximum absolute atomic E-state index is 12.9. The highest BCUT2D eigenvalue weighted by atomic mass is 35.5. The third-order valence-corrected chi connectivity index (χ3v) is 3.20. The van der Waals surface area contributed by atoms with Gasteiger partial charge in [-0.25, -0.2) is 4.39 Å². The molecule has 4 heteroatoms. The van der Waals surface area contributed by atoms with E-state index in [0.717, 1.165) is 25.2 Å². The van der Waals surface area contributed by atoms with Crippen LogP contribution in [0.25, 0.3) is 0 Å². The molecule has 0 bridgehead atoms. The number of hydrogen-bond donors (Lipinski definition) is 1. The van der Waals surface area contributed by atoms with Crippen LogP contribution in [0.5, 0.6) is 0 Å². The summed E-state index contributed by atoms with van der Waals surface area (Å²) in [7, 11) is 2.16. The van der Waals surface area contributed by atoms with Crippen LogP contribution >= 0.6 is 12.4 Å². The van der Waals surface area contributed by atoms with Gasteiger partial charge in [0.2, 0.25) is 0 Å². The van der Waals surface area contributed by atoms with Crippen molar-refractivity contribution >= 4 is 12.4 Å². The summed E-state index contributed by atoms with van der Waals surface area (Å²) in [6, 6.07) is 7.40. The number of hydrogen-bond acceptors (Lipinski definition) is 2. The van der Waals surface area contributed by atoms with Crippen LogP contribution in [0.3, 0.4) is 0 Å². The summed E-state index contributed by atoms with van der Waals surface area (Å²) in [5.74, 6) is -0.150. The molecule has 0 aliphatic carbocycles. The van der Waals surface area contributed by atoms with Crippen LogP contribution in [0.4, 0.5) is 4.39 Å². The summed E-state index contributed by atoms with van der Waals surface area (Å²) in [6.45, 7) is 3.08. The van der Waals surface area contributed by atoms with Crippen LogP contribution in [0.2, 0.25) is 0 Å². The molecule has 1 aliphatic rings. The van der Waals surface area contributed by atoms with Gasteiger partial charge in [0.05, 0.1) is 0 Å². The Bertz CT molecular complexity index is 338. The Morgan fingerprint density at radius 1 is 1.35 bits per heavy atom. The molecule has 1 aromatic carbocycles. The highest BCUT2D eigenvalue weighted by Crippen LogP contribution is 2.10. The van der Waals surface area contributed by atoms with E-state index in [1.165, 1.54) is 18.9 Å². The van der Waals surface area contributed by atoms with Crippen LogP contribution in [-0.2, 0) is 6.54 Å². The average molecular weight is 259 g/mol. The summed E-state index contributed by atoms with van der Waals surface area (Å²) < 4.78 is 12.9. The second-order valence-corrected chi connectivity index (χ2v) is 4.59. The van der Waals surface area contributed by atoms with Gasteiger partial charge in [-0.2, -0.15) is 0 Å². The van der Waals surface area contributed by atoms with Crippen molar-refractivity contribution in [2.75, 3.05) is 20.1 Å². The van der Waals surface area contributed by atoms with E-state index in [4.69, 9.17) is 0 Å². The van der Waals surface area contributed by atoms with Crippen LogP contribution in [0, 0.1) is 5.82 Å². The molecule has 1 N–H and O–H groups in total. The molecular formula is C13H20ClFN2. The highest BCUT2D eigenvalue weighted by Gasteiger charge is 2.15. The summed E-state index contributed by atoms with van der Waals surface area (Å²) in [5, 5.41) is 3.49. The van der Waals surface area contributed by atoms with E-state index in [2.05, 4.69) is 17.3 Å². The van der Waals surface area contributed by atoms with Crippen molar-refractivity contribution < 1.29 is 4.39 Å². The van der Waals surface area contributed by atoms with Gasteiger partial charge in [-0.05, 0) is 50.7 Å². The van der Waals surface area contributed by atoms with Crippen LogP contribution < -0.4 is 5.32 Å². The van der Waals surface area contributed by atoms with E-state index in [1.54, 1.807) is 12.1 Å². The fraction of sp³-hybridized carbons (Fsp3) is 0.538. The van der Waals surface area contributed by atoms with Gasteiger partial charge >= 0.3 is 0 Å². The minimum atomic E-state index is -0.150. The van der Waals surface area contributed by atoms with Gasteiger partial charge in [-0.3, -0.25) is 0 Å². The maximum Gasteiger partial charge on any atom is 0.123 e. The largest absolute Gasteiger partial charge is 0.310 e. The Morgan fingerprint density at radius 3 is 2.71 bits per heavy atom. The predicted molar refractivity (Wildman–Crippen MR) is 71.0 cm³/mol. The molecule has 17 heavy (non-hydrogen) atoms. The normalized spacial score (nSPS) is 17.8. The first-order chi connectivity index (χ1) is 7.74. The van der Waals surface area contributed by atoms with Gasteiger partial charge in [0.15, 0.2) is 0 Å². The summed E-state index contributed by atoms with van der Waals surface area (Å²) >= 11 is 0. The molecule has 2 nitrogen and oxygen atoms in total. The standard InChI is InChI=1S/C13H19FN2.ClH/c1-16-7-5-13(6-8-16)15-10-11-3-2-4-12(14)9-11;/h2-4,9,13,15H,5-8,10H2,1H3;1H. The van der Waals surface area contributed by atoms with Crippen molar-refractivity contribution in [2.24, 2.45) is 0 Å². The third kappa shape index (κ3) is 4.62. The maximum atomic E-state index is 12.9. The number of halogens is 2. The lowest BCUT2D eigenvalue weighted by Crippen LogP contribution is -2.40. The van der Waals surface area contributed by atoms with Crippen molar-refractivity contribution in [3.05, 3.63) is 35.6 Å². The van der Waals surface area contributed by atoms with Crippen molar-refractivity contribution in [3.63, 3.8) is 0 Å². The zero-order valence-electron chi connectivity index (χ0n) is 10.2. The highest BCUT2D eigenvalue weighted by molar-refractivity contribution is 5.85. The quantitative estimate of drug-likeness (QED) is 0.896.